The molecule has 0 aromatic heterocycles. The van der Waals surface area contributed by atoms with Gasteiger partial charge in [-0.1, -0.05) is 0 Å². The van der Waals surface area contributed by atoms with E-state index in [2.05, 4.69) is 0 Å². The third kappa shape index (κ3) is 4.04. The molecule has 0 aliphatic heterocycles. The highest BCUT2D eigenvalue weighted by atomic mass is 32.2. The lowest BCUT2D eigenvalue weighted by Gasteiger charge is -2.57. The number of hydrogen-bond donors (Lipinski definition) is 1. The molecule has 2 atom stereocenters. The van der Waals surface area contributed by atoms with Crippen LogP contribution in [0.1, 0.15) is 44.9 Å². The molecule has 22 heavy (non-hydrogen) atoms. The molecule has 4 nitrogen and oxygen atoms in total. The van der Waals surface area contributed by atoms with Gasteiger partial charge in [-0.2, -0.15) is 4.21 Å². The summed E-state index contributed by atoms with van der Waals surface area (Å²) < 4.78 is 54.3. The predicted octanol–water partition coefficient (Wildman–Crippen LogP) is 3.40. The first-order valence-electron chi connectivity index (χ1n) is 8.08. The highest BCUT2D eigenvalue weighted by Crippen LogP contribution is 2.61. The molecule has 4 saturated carbocycles. The molecule has 0 amide bonds. The second-order valence-electron chi connectivity index (χ2n) is 7.49. The number of hydrogen-bond acceptors (Lipinski definition) is 3. The maximum absolute atomic E-state index is 12.2. The summed E-state index contributed by atoms with van der Waals surface area (Å²) in [5.74, 6) is 2.32. The number of alkyl halides is 2. The van der Waals surface area contributed by atoms with Crippen LogP contribution in [0.3, 0.4) is 0 Å². The van der Waals surface area contributed by atoms with Crippen LogP contribution >= 0.6 is 0 Å². The average Bonchev–Trinajstić information content (AvgIpc) is 2.34. The fourth-order valence-corrected chi connectivity index (χ4v) is 5.91. The zero-order valence-electron chi connectivity index (χ0n) is 12.6. The lowest BCUT2D eigenvalue weighted by atomic mass is 9.48. The minimum atomic E-state index is -2.53. The molecule has 4 bridgehead atoms. The first-order chi connectivity index (χ1) is 10.4. The molecule has 0 spiro atoms. The van der Waals surface area contributed by atoms with Crippen LogP contribution in [0.4, 0.5) is 8.78 Å². The first-order valence-corrected chi connectivity index (χ1v) is 9.11. The van der Waals surface area contributed by atoms with E-state index in [1.807, 2.05) is 0 Å². The highest BCUT2D eigenvalue weighted by molar-refractivity contribution is 7.74. The fourth-order valence-electron chi connectivity index (χ4n) is 5.55. The van der Waals surface area contributed by atoms with Crippen LogP contribution in [0.5, 0.6) is 0 Å². The molecule has 0 heterocycles. The normalized spacial score (nSPS) is 39.4. The van der Waals surface area contributed by atoms with Gasteiger partial charge in [0, 0.05) is 0 Å². The molecule has 4 aliphatic carbocycles. The summed E-state index contributed by atoms with van der Waals surface area (Å²) in [6.07, 6.45) is 4.92. The summed E-state index contributed by atoms with van der Waals surface area (Å²) in [7, 11) is 0. The number of rotatable bonds is 8. The zero-order valence-corrected chi connectivity index (χ0v) is 13.4. The van der Waals surface area contributed by atoms with Crippen LogP contribution in [-0.4, -0.2) is 34.5 Å². The van der Waals surface area contributed by atoms with E-state index < -0.39 is 30.5 Å². The molecule has 2 unspecified atom stereocenters. The maximum Gasteiger partial charge on any atom is 0.302 e. The van der Waals surface area contributed by atoms with Gasteiger partial charge in [0.1, 0.15) is 12.7 Å². The first kappa shape index (κ1) is 16.7. The summed E-state index contributed by atoms with van der Waals surface area (Å²) in [5, 5.41) is 0. The second kappa shape index (κ2) is 6.79. The maximum atomic E-state index is 12.2. The smallest absolute Gasteiger partial charge is 0.302 e. The Morgan fingerprint density at radius 1 is 1.09 bits per heavy atom. The predicted molar refractivity (Wildman–Crippen MR) is 77.7 cm³/mol. The lowest BCUT2D eigenvalue weighted by Crippen LogP contribution is -2.48. The van der Waals surface area contributed by atoms with Crippen LogP contribution < -0.4 is 0 Å². The molecule has 0 saturated heterocycles. The molecule has 0 radical (unpaired) electrons. The Labute approximate surface area is 132 Å². The topological polar surface area (TPSA) is 55.8 Å². The van der Waals surface area contributed by atoms with Crippen LogP contribution in [0.2, 0.25) is 0 Å². The van der Waals surface area contributed by atoms with E-state index >= 15 is 0 Å². The van der Waals surface area contributed by atoms with E-state index in [-0.39, 0.29) is 12.0 Å². The number of halogens is 2. The van der Waals surface area contributed by atoms with Crippen molar-refractivity contribution in [3.63, 3.8) is 0 Å². The van der Waals surface area contributed by atoms with Gasteiger partial charge in [0.05, 0.1) is 6.61 Å². The van der Waals surface area contributed by atoms with Crippen molar-refractivity contribution in [3.05, 3.63) is 0 Å². The average molecular weight is 338 g/mol. The second-order valence-corrected chi connectivity index (χ2v) is 8.11. The van der Waals surface area contributed by atoms with Gasteiger partial charge in [0.25, 0.3) is 6.43 Å². The van der Waals surface area contributed by atoms with E-state index in [9.17, 15) is 13.0 Å². The Bertz CT molecular complexity index is 383. The van der Waals surface area contributed by atoms with E-state index in [0.29, 0.717) is 6.42 Å². The van der Waals surface area contributed by atoms with Gasteiger partial charge in [-0.15, -0.1) is 0 Å². The zero-order chi connectivity index (χ0) is 15.7. The van der Waals surface area contributed by atoms with Crippen molar-refractivity contribution in [1.82, 2.24) is 0 Å². The minimum Gasteiger partial charge on any atom is -0.373 e. The Kier molecular flexibility index (Phi) is 5.17. The molecule has 7 heteroatoms. The quantitative estimate of drug-likeness (QED) is 0.689. The largest absolute Gasteiger partial charge is 0.373 e. The standard InChI is InChI=1S/C15H24F2O4S/c16-14(17)9-20-8-13(21-22(18)19)7-15-4-10-1-11(5-15)3-12(2-10)6-15/h10-14H,1-9H2,(H,18,19). The Balaban J connectivity index is 1.60. The SMILES string of the molecule is O=S(O)OC(COCC(F)F)CC12CC3CC(CC(C3)C1)C2. The fraction of sp³-hybridized carbons (Fsp3) is 1.00. The van der Waals surface area contributed by atoms with Crippen molar-refractivity contribution >= 4 is 11.4 Å². The van der Waals surface area contributed by atoms with Crippen molar-refractivity contribution in [3.8, 4) is 0 Å². The van der Waals surface area contributed by atoms with Crippen LogP contribution in [0, 0.1) is 23.2 Å². The third-order valence-corrected chi connectivity index (χ3v) is 6.03. The molecule has 0 aromatic carbocycles. The molecular formula is C15H24F2O4S. The van der Waals surface area contributed by atoms with Crippen molar-refractivity contribution in [2.45, 2.75) is 57.5 Å². The van der Waals surface area contributed by atoms with Gasteiger partial charge in [0.2, 0.25) is 0 Å². The lowest BCUT2D eigenvalue weighted by molar-refractivity contribution is -0.0856. The monoisotopic (exact) mass is 338 g/mol. The van der Waals surface area contributed by atoms with Gasteiger partial charge in [0.15, 0.2) is 0 Å². The summed E-state index contributed by atoms with van der Waals surface area (Å²) in [6, 6.07) is 0. The van der Waals surface area contributed by atoms with Gasteiger partial charge in [-0.3, -0.25) is 8.74 Å². The minimum absolute atomic E-state index is 0.0433. The van der Waals surface area contributed by atoms with E-state index in [0.717, 1.165) is 37.0 Å². The molecule has 4 fully saturated rings. The Morgan fingerprint density at radius 2 is 1.64 bits per heavy atom. The van der Waals surface area contributed by atoms with E-state index in [1.165, 1.54) is 19.3 Å². The Morgan fingerprint density at radius 3 is 2.09 bits per heavy atom. The van der Waals surface area contributed by atoms with Gasteiger partial charge < -0.3 is 4.74 Å². The molecule has 1 N–H and O–H groups in total. The summed E-state index contributed by atoms with van der Waals surface area (Å²) >= 11 is -2.39. The molecular weight excluding hydrogens is 314 g/mol. The summed E-state index contributed by atoms with van der Waals surface area (Å²) in [4.78, 5) is 0. The van der Waals surface area contributed by atoms with Crippen molar-refractivity contribution in [1.29, 1.82) is 0 Å². The molecule has 128 valence electrons. The van der Waals surface area contributed by atoms with Crippen molar-refractivity contribution in [2.75, 3.05) is 13.2 Å². The third-order valence-electron chi connectivity index (χ3n) is 5.59. The molecule has 4 aliphatic rings. The summed E-state index contributed by atoms with van der Waals surface area (Å²) in [6.45, 7) is -0.697. The summed E-state index contributed by atoms with van der Waals surface area (Å²) in [5.41, 5.74) is 0.160. The van der Waals surface area contributed by atoms with Gasteiger partial charge in [-0.25, -0.2) is 8.78 Å². The molecule has 0 aromatic rings. The van der Waals surface area contributed by atoms with Crippen LogP contribution in [0.15, 0.2) is 0 Å². The van der Waals surface area contributed by atoms with Gasteiger partial charge in [-0.05, 0) is 68.1 Å². The van der Waals surface area contributed by atoms with Crippen LogP contribution in [-0.2, 0) is 20.3 Å². The van der Waals surface area contributed by atoms with E-state index in [4.69, 9.17) is 13.5 Å². The molecule has 4 rings (SSSR count). The number of ether oxygens (including phenoxy) is 1. The highest BCUT2D eigenvalue weighted by Gasteiger charge is 2.51. The van der Waals surface area contributed by atoms with E-state index in [1.54, 1.807) is 0 Å². The van der Waals surface area contributed by atoms with Gasteiger partial charge >= 0.3 is 11.4 Å². The van der Waals surface area contributed by atoms with Crippen molar-refractivity contribution in [2.24, 2.45) is 23.2 Å². The van der Waals surface area contributed by atoms with Crippen LogP contribution in [0.25, 0.3) is 0 Å². The Hall–Kier alpha value is -0.110. The van der Waals surface area contributed by atoms with Crippen molar-refractivity contribution < 1.29 is 26.5 Å².